The predicted molar refractivity (Wildman–Crippen MR) is 85.2 cm³/mol. The Bertz CT molecular complexity index is 182. The van der Waals surface area contributed by atoms with Crippen molar-refractivity contribution in [2.45, 2.75) is 63.7 Å². The molecule has 0 spiro atoms. The molecule has 0 saturated carbocycles. The molecule has 16 heavy (non-hydrogen) atoms. The molecule has 1 atom stereocenters. The second-order valence-corrected chi connectivity index (χ2v) is 21.4. The van der Waals surface area contributed by atoms with Crippen molar-refractivity contribution in [2.24, 2.45) is 0 Å². The summed E-state index contributed by atoms with van der Waals surface area (Å²) in [4.78, 5) is 0. The van der Waals surface area contributed by atoms with Crippen LogP contribution in [-0.2, 0) is 8.85 Å². The summed E-state index contributed by atoms with van der Waals surface area (Å²) in [7, 11) is -1.82. The Kier molecular flexibility index (Phi) is 6.98. The maximum atomic E-state index is 6.22. The molecule has 98 valence electrons. The van der Waals surface area contributed by atoms with Gasteiger partial charge in [0.1, 0.15) is 5.91 Å². The average Bonchev–Trinajstić information content (AvgIpc) is 1.97. The van der Waals surface area contributed by atoms with E-state index in [1.54, 1.807) is 0 Å². The first kappa shape index (κ1) is 16.8. The van der Waals surface area contributed by atoms with Crippen LogP contribution in [0.15, 0.2) is 0 Å². The lowest BCUT2D eigenvalue weighted by molar-refractivity contribution is 0.0602. The zero-order chi connectivity index (χ0) is 13.0. The van der Waals surface area contributed by atoms with E-state index in [4.69, 9.17) is 8.85 Å². The summed E-state index contributed by atoms with van der Waals surface area (Å²) in [5, 5.41) is 0.956. The van der Waals surface area contributed by atoms with Crippen LogP contribution in [0.25, 0.3) is 0 Å². The average molecular weight is 295 g/mol. The quantitative estimate of drug-likeness (QED) is 0.525. The molecule has 0 fully saturated rings. The van der Waals surface area contributed by atoms with Gasteiger partial charge in [0.15, 0.2) is 16.6 Å². The van der Waals surface area contributed by atoms with E-state index in [1.165, 1.54) is 16.7 Å². The normalized spacial score (nSPS) is 16.5. The topological polar surface area (TPSA) is 18.5 Å². The Morgan fingerprint density at radius 2 is 1.38 bits per heavy atom. The van der Waals surface area contributed by atoms with Crippen molar-refractivity contribution >= 4 is 36.4 Å². The van der Waals surface area contributed by atoms with Crippen molar-refractivity contribution in [2.75, 3.05) is 0 Å². The summed E-state index contributed by atoms with van der Waals surface area (Å²) in [5.41, 5.74) is 0. The van der Waals surface area contributed by atoms with Crippen molar-refractivity contribution in [1.29, 1.82) is 0 Å². The van der Waals surface area contributed by atoms with Gasteiger partial charge in [0.05, 0.1) is 9.52 Å². The van der Waals surface area contributed by atoms with Crippen LogP contribution in [0.4, 0.5) is 0 Å². The molecule has 2 nitrogen and oxygen atoms in total. The van der Waals surface area contributed by atoms with Crippen molar-refractivity contribution < 1.29 is 8.85 Å². The number of hydrogen-bond acceptors (Lipinski definition) is 2. The minimum Gasteiger partial charge on any atom is -0.398 e. The highest BCUT2D eigenvalue weighted by atomic mass is 28.4. The van der Waals surface area contributed by atoms with E-state index in [1.807, 2.05) is 0 Å². The van der Waals surface area contributed by atoms with E-state index in [-0.39, 0.29) is 15.4 Å². The van der Waals surface area contributed by atoms with Crippen molar-refractivity contribution in [3.05, 3.63) is 0 Å². The van der Waals surface area contributed by atoms with Crippen molar-refractivity contribution in [1.82, 2.24) is 0 Å². The van der Waals surface area contributed by atoms with Crippen molar-refractivity contribution in [3.8, 4) is 0 Å². The lowest BCUT2D eigenvalue weighted by atomic mass is 10.6. The van der Waals surface area contributed by atoms with Crippen LogP contribution in [0.5, 0.6) is 0 Å². The molecule has 0 heterocycles. The summed E-state index contributed by atoms with van der Waals surface area (Å²) in [6.07, 6.45) is 1.32. The highest BCUT2D eigenvalue weighted by Gasteiger charge is 2.27. The molecule has 0 amide bonds. The van der Waals surface area contributed by atoms with Gasteiger partial charge >= 0.3 is 0 Å². The van der Waals surface area contributed by atoms with Gasteiger partial charge in [-0.3, -0.25) is 0 Å². The van der Waals surface area contributed by atoms with E-state index in [2.05, 4.69) is 46.2 Å². The summed E-state index contributed by atoms with van der Waals surface area (Å²) in [6.45, 7) is 15.9. The molecule has 0 N–H and O–H groups in total. The first-order chi connectivity index (χ1) is 7.03. The largest absolute Gasteiger partial charge is 0.398 e. The molecule has 6 heteroatoms. The van der Waals surface area contributed by atoms with Crippen LogP contribution in [-0.4, -0.2) is 42.3 Å². The Labute approximate surface area is 109 Å². The standard InChI is InChI=1S/C10H30O2Si4/c1-8-9(13)14-10(11-15(2,3)4)12-16(5,6)7/h9-10H,8,14H2,1-7,13H3. The fraction of sp³-hybridized carbons (Fsp3) is 1.00. The molecule has 1 unspecified atom stereocenters. The molecule has 0 aromatic carbocycles. The summed E-state index contributed by atoms with van der Waals surface area (Å²) >= 11 is 0. The molecule has 0 radical (unpaired) electrons. The van der Waals surface area contributed by atoms with Crippen LogP contribution in [0.1, 0.15) is 13.3 Å². The molecular weight excluding hydrogens is 264 g/mol. The molecule has 0 rings (SSSR count). The zero-order valence-corrected chi connectivity index (χ0v) is 17.8. The van der Waals surface area contributed by atoms with E-state index in [9.17, 15) is 0 Å². The second-order valence-electron chi connectivity index (χ2n) is 6.64. The van der Waals surface area contributed by atoms with Gasteiger partial charge in [-0.2, -0.15) is 0 Å². The Hall–Kier alpha value is 0.788. The minimum atomic E-state index is -1.45. The Balaban J connectivity index is 4.39. The molecular formula is C10H30O2Si4. The van der Waals surface area contributed by atoms with Crippen LogP contribution in [0.2, 0.25) is 44.4 Å². The molecule has 0 saturated heterocycles. The third kappa shape index (κ3) is 9.97. The van der Waals surface area contributed by atoms with Gasteiger partial charge < -0.3 is 8.85 Å². The molecule has 0 bridgehead atoms. The first-order valence-corrected chi connectivity index (χ1v) is 16.0. The van der Waals surface area contributed by atoms with Gasteiger partial charge in [0, 0.05) is 10.2 Å². The van der Waals surface area contributed by atoms with Crippen molar-refractivity contribution in [3.63, 3.8) is 0 Å². The van der Waals surface area contributed by atoms with E-state index in [0.717, 1.165) is 5.16 Å². The first-order valence-electron chi connectivity index (χ1n) is 6.39. The lowest BCUT2D eigenvalue weighted by Gasteiger charge is -2.32. The third-order valence-corrected chi connectivity index (χ3v) is 9.20. The van der Waals surface area contributed by atoms with Gasteiger partial charge in [0.25, 0.3) is 0 Å². The molecule has 0 aromatic heterocycles. The van der Waals surface area contributed by atoms with Gasteiger partial charge in [-0.1, -0.05) is 18.5 Å². The molecule has 0 aliphatic heterocycles. The van der Waals surface area contributed by atoms with Crippen LogP contribution in [0.3, 0.4) is 0 Å². The fourth-order valence-corrected chi connectivity index (χ4v) is 9.09. The SMILES string of the molecule is CCC([SiH3])[SiH2]C(O[Si](C)(C)C)O[Si](C)(C)C. The zero-order valence-electron chi connectivity index (χ0n) is 12.4. The summed E-state index contributed by atoms with van der Waals surface area (Å²) < 4.78 is 12.4. The maximum Gasteiger partial charge on any atom is 0.186 e. The lowest BCUT2D eigenvalue weighted by Crippen LogP contribution is -2.44. The van der Waals surface area contributed by atoms with Crippen LogP contribution < -0.4 is 0 Å². The van der Waals surface area contributed by atoms with Gasteiger partial charge in [-0.15, -0.1) is 0 Å². The smallest absolute Gasteiger partial charge is 0.186 e. The second kappa shape index (κ2) is 6.65. The number of hydrogen-bond donors (Lipinski definition) is 0. The predicted octanol–water partition coefficient (Wildman–Crippen LogP) is 1.66. The van der Waals surface area contributed by atoms with Gasteiger partial charge in [0.2, 0.25) is 0 Å². The summed E-state index contributed by atoms with van der Waals surface area (Å²) in [5.74, 6) is 0.195. The third-order valence-electron chi connectivity index (χ3n) is 2.26. The van der Waals surface area contributed by atoms with Crippen LogP contribution >= 0.6 is 0 Å². The van der Waals surface area contributed by atoms with E-state index >= 15 is 0 Å². The number of rotatable bonds is 7. The molecule has 0 aromatic rings. The van der Waals surface area contributed by atoms with Crippen LogP contribution in [0, 0.1) is 0 Å². The van der Waals surface area contributed by atoms with Gasteiger partial charge in [-0.05, 0) is 39.3 Å². The molecule has 0 aliphatic carbocycles. The van der Waals surface area contributed by atoms with E-state index < -0.39 is 16.6 Å². The fourth-order valence-electron chi connectivity index (χ4n) is 1.40. The molecule has 0 aliphatic rings. The highest BCUT2D eigenvalue weighted by molar-refractivity contribution is 6.72. The Morgan fingerprint density at radius 3 is 1.62 bits per heavy atom. The Morgan fingerprint density at radius 1 is 1.00 bits per heavy atom. The minimum absolute atomic E-state index is 0.195. The maximum absolute atomic E-state index is 6.22. The van der Waals surface area contributed by atoms with E-state index in [0.29, 0.717) is 0 Å². The summed E-state index contributed by atoms with van der Waals surface area (Å²) in [6, 6.07) is 0. The van der Waals surface area contributed by atoms with Gasteiger partial charge in [-0.25, -0.2) is 0 Å². The highest BCUT2D eigenvalue weighted by Crippen LogP contribution is 2.17. The monoisotopic (exact) mass is 294 g/mol.